The fraction of sp³-hybridized carbons (Fsp3) is 0.500. The number of hydrogen-bond donors (Lipinski definition) is 1. The van der Waals surface area contributed by atoms with Gasteiger partial charge in [-0.1, -0.05) is 6.07 Å². The highest BCUT2D eigenvalue weighted by atomic mass is 32.1. The molecule has 3 rings (SSSR count). The topological polar surface area (TPSA) is 37.4 Å². The minimum Gasteiger partial charge on any atom is -0.487 e. The fourth-order valence-electron chi connectivity index (χ4n) is 3.05. The van der Waals surface area contributed by atoms with E-state index in [4.69, 9.17) is 4.74 Å². The van der Waals surface area contributed by atoms with Gasteiger partial charge >= 0.3 is 0 Å². The number of benzene rings is 1. The molecule has 124 valence electrons. The smallest absolute Gasteiger partial charge is 0.131 e. The molecule has 1 aliphatic rings. The lowest BCUT2D eigenvalue weighted by Gasteiger charge is -2.33. The normalized spacial score (nSPS) is 17.8. The van der Waals surface area contributed by atoms with E-state index in [1.807, 2.05) is 23.0 Å². The van der Waals surface area contributed by atoms with E-state index >= 15 is 0 Å². The summed E-state index contributed by atoms with van der Waals surface area (Å²) in [6.07, 6.45) is 2.54. The molecule has 4 nitrogen and oxygen atoms in total. The van der Waals surface area contributed by atoms with Gasteiger partial charge in [0, 0.05) is 23.2 Å². The van der Waals surface area contributed by atoms with Gasteiger partial charge in [0.05, 0.1) is 11.2 Å². The molecular weight excluding hydrogens is 306 g/mol. The van der Waals surface area contributed by atoms with Crippen molar-refractivity contribution in [2.24, 2.45) is 5.92 Å². The number of nitrogens with zero attached hydrogens (tertiary/aromatic N) is 2. The number of thiazole rings is 1. The van der Waals surface area contributed by atoms with Gasteiger partial charge in [0.2, 0.25) is 0 Å². The van der Waals surface area contributed by atoms with Crippen molar-refractivity contribution in [1.82, 2.24) is 9.88 Å². The van der Waals surface area contributed by atoms with Gasteiger partial charge in [0.25, 0.3) is 0 Å². The molecule has 2 heterocycles. The summed E-state index contributed by atoms with van der Waals surface area (Å²) in [6.45, 7) is 5.22. The second kappa shape index (κ2) is 7.79. The van der Waals surface area contributed by atoms with Crippen LogP contribution in [0.5, 0.6) is 5.75 Å². The summed E-state index contributed by atoms with van der Waals surface area (Å²) < 4.78 is 5.83. The van der Waals surface area contributed by atoms with Crippen molar-refractivity contribution < 1.29 is 4.74 Å². The Bertz CT molecular complexity index is 594. The molecule has 1 N–H and O–H groups in total. The van der Waals surface area contributed by atoms with E-state index in [1.54, 1.807) is 11.3 Å². The minimum atomic E-state index is 0.484. The molecule has 0 amide bonds. The number of nitrogens with one attached hydrogen (secondary N) is 1. The molecule has 1 aromatic carbocycles. The van der Waals surface area contributed by atoms with Crippen LogP contribution in [0.3, 0.4) is 0 Å². The van der Waals surface area contributed by atoms with E-state index < -0.39 is 0 Å². The SMILES string of the molecule is CC(Nc1cccc(OCc2cscn2)c1)C1CCN(C)CC1. The summed E-state index contributed by atoms with van der Waals surface area (Å²) in [6, 6.07) is 8.72. The molecule has 5 heteroatoms. The van der Waals surface area contributed by atoms with Crippen LogP contribution in [0.2, 0.25) is 0 Å². The second-order valence-electron chi connectivity index (χ2n) is 6.37. The van der Waals surface area contributed by atoms with E-state index in [0.717, 1.165) is 23.0 Å². The van der Waals surface area contributed by atoms with Crippen LogP contribution in [0.4, 0.5) is 5.69 Å². The zero-order valence-electron chi connectivity index (χ0n) is 13.9. The van der Waals surface area contributed by atoms with E-state index in [9.17, 15) is 0 Å². The minimum absolute atomic E-state index is 0.484. The summed E-state index contributed by atoms with van der Waals surface area (Å²) >= 11 is 1.60. The van der Waals surface area contributed by atoms with Crippen molar-refractivity contribution >= 4 is 17.0 Å². The van der Waals surface area contributed by atoms with Gasteiger partial charge in [-0.2, -0.15) is 0 Å². The Labute approximate surface area is 142 Å². The average Bonchev–Trinajstić information content (AvgIpc) is 3.07. The fourth-order valence-corrected chi connectivity index (χ4v) is 3.59. The first-order valence-electron chi connectivity index (χ1n) is 8.26. The Morgan fingerprint density at radius 2 is 2.22 bits per heavy atom. The standard InChI is InChI=1S/C18H25N3OS/c1-14(15-6-8-21(2)9-7-15)20-16-4-3-5-18(10-16)22-11-17-12-23-13-19-17/h3-5,10,12-15,20H,6-9,11H2,1-2H3. The maximum Gasteiger partial charge on any atom is 0.131 e. The monoisotopic (exact) mass is 331 g/mol. The molecule has 2 aromatic rings. The van der Waals surface area contributed by atoms with E-state index in [2.05, 4.69) is 41.3 Å². The molecule has 0 radical (unpaired) electrons. The van der Waals surface area contributed by atoms with Crippen LogP contribution >= 0.6 is 11.3 Å². The molecule has 0 aliphatic carbocycles. The molecule has 0 saturated carbocycles. The third-order valence-corrected chi connectivity index (χ3v) is 5.20. The lowest BCUT2D eigenvalue weighted by Crippen LogP contribution is -2.37. The maximum atomic E-state index is 5.83. The van der Waals surface area contributed by atoms with Gasteiger partial charge in [-0.25, -0.2) is 4.98 Å². The molecule has 1 aromatic heterocycles. The number of likely N-dealkylation sites (tertiary alicyclic amines) is 1. The lowest BCUT2D eigenvalue weighted by molar-refractivity contribution is 0.208. The van der Waals surface area contributed by atoms with Gasteiger partial charge < -0.3 is 15.0 Å². The highest BCUT2D eigenvalue weighted by Gasteiger charge is 2.22. The van der Waals surface area contributed by atoms with Crippen molar-refractivity contribution in [3.05, 3.63) is 40.8 Å². The molecule has 1 unspecified atom stereocenters. The van der Waals surface area contributed by atoms with Gasteiger partial charge in [0.1, 0.15) is 12.4 Å². The number of anilines is 1. The van der Waals surface area contributed by atoms with Crippen molar-refractivity contribution in [2.75, 3.05) is 25.5 Å². The van der Waals surface area contributed by atoms with Crippen LogP contribution in [-0.4, -0.2) is 36.1 Å². The second-order valence-corrected chi connectivity index (χ2v) is 7.09. The third kappa shape index (κ3) is 4.69. The lowest BCUT2D eigenvalue weighted by atomic mass is 9.90. The van der Waals surface area contributed by atoms with Crippen LogP contribution in [0.1, 0.15) is 25.5 Å². The average molecular weight is 331 g/mol. The quantitative estimate of drug-likeness (QED) is 0.872. The van der Waals surface area contributed by atoms with Crippen LogP contribution in [0.15, 0.2) is 35.2 Å². The zero-order valence-corrected chi connectivity index (χ0v) is 14.7. The van der Waals surface area contributed by atoms with Crippen molar-refractivity contribution in [3.8, 4) is 5.75 Å². The number of ether oxygens (including phenoxy) is 1. The van der Waals surface area contributed by atoms with Crippen LogP contribution in [0.25, 0.3) is 0 Å². The highest BCUT2D eigenvalue weighted by molar-refractivity contribution is 7.07. The Kier molecular flexibility index (Phi) is 5.51. The Morgan fingerprint density at radius 3 is 2.96 bits per heavy atom. The first-order chi connectivity index (χ1) is 11.2. The molecule has 23 heavy (non-hydrogen) atoms. The van der Waals surface area contributed by atoms with Gasteiger partial charge in [-0.15, -0.1) is 11.3 Å². The molecule has 1 saturated heterocycles. The summed E-state index contributed by atoms with van der Waals surface area (Å²) in [5.74, 6) is 1.63. The summed E-state index contributed by atoms with van der Waals surface area (Å²) in [4.78, 5) is 6.66. The van der Waals surface area contributed by atoms with Crippen molar-refractivity contribution in [3.63, 3.8) is 0 Å². The molecule has 1 fully saturated rings. The predicted molar refractivity (Wildman–Crippen MR) is 96.2 cm³/mol. The van der Waals surface area contributed by atoms with Gasteiger partial charge in [-0.3, -0.25) is 0 Å². The summed E-state index contributed by atoms with van der Waals surface area (Å²) in [5, 5.41) is 5.67. The molecule has 1 atom stereocenters. The van der Waals surface area contributed by atoms with Gasteiger partial charge in [-0.05, 0) is 58.0 Å². The van der Waals surface area contributed by atoms with Crippen molar-refractivity contribution in [1.29, 1.82) is 0 Å². The number of hydrogen-bond acceptors (Lipinski definition) is 5. The first-order valence-corrected chi connectivity index (χ1v) is 9.20. The summed E-state index contributed by atoms with van der Waals surface area (Å²) in [5.41, 5.74) is 3.94. The van der Waals surface area contributed by atoms with E-state index in [0.29, 0.717) is 12.6 Å². The number of aromatic nitrogens is 1. The van der Waals surface area contributed by atoms with Crippen LogP contribution < -0.4 is 10.1 Å². The largest absolute Gasteiger partial charge is 0.487 e. The molecule has 0 spiro atoms. The Balaban J connectivity index is 1.54. The number of piperidine rings is 1. The first kappa shape index (κ1) is 16.3. The summed E-state index contributed by atoms with van der Waals surface area (Å²) in [7, 11) is 2.21. The number of rotatable bonds is 6. The van der Waals surface area contributed by atoms with Crippen molar-refractivity contribution in [2.45, 2.75) is 32.4 Å². The zero-order chi connectivity index (χ0) is 16.1. The van der Waals surface area contributed by atoms with Crippen LogP contribution in [-0.2, 0) is 6.61 Å². The Morgan fingerprint density at radius 1 is 1.39 bits per heavy atom. The predicted octanol–water partition coefficient (Wildman–Crippen LogP) is 3.86. The molecular formula is C18H25N3OS. The molecule has 0 bridgehead atoms. The molecule has 1 aliphatic heterocycles. The Hall–Kier alpha value is -1.59. The van der Waals surface area contributed by atoms with E-state index in [-0.39, 0.29) is 0 Å². The highest BCUT2D eigenvalue weighted by Crippen LogP contribution is 2.24. The van der Waals surface area contributed by atoms with E-state index in [1.165, 1.54) is 25.9 Å². The van der Waals surface area contributed by atoms with Gasteiger partial charge in [0.15, 0.2) is 0 Å². The van der Waals surface area contributed by atoms with Crippen LogP contribution in [0, 0.1) is 5.92 Å². The third-order valence-electron chi connectivity index (χ3n) is 4.57. The maximum absolute atomic E-state index is 5.83.